The Kier molecular flexibility index (Phi) is 11.1. The number of carbonyl (C=O) groups excluding carboxylic acids is 2. The number of hydrogen-bond acceptors (Lipinski definition) is 10. The molecule has 0 aliphatic carbocycles. The Morgan fingerprint density at radius 3 is 1.85 bits per heavy atom. The minimum absolute atomic E-state index is 0.128. The third kappa shape index (κ3) is 8.02. The molecule has 2 radical (unpaired) electrons. The summed E-state index contributed by atoms with van der Waals surface area (Å²) < 4.78 is 34.6. The molecule has 4 aromatic carbocycles. The van der Waals surface area contributed by atoms with Gasteiger partial charge in [0.15, 0.2) is 0 Å². The third-order valence-corrected chi connectivity index (χ3v) is 7.95. The molecule has 48 heavy (non-hydrogen) atoms. The Balaban J connectivity index is 1.33. The highest BCUT2D eigenvalue weighted by Gasteiger charge is 2.45. The van der Waals surface area contributed by atoms with Gasteiger partial charge < -0.3 is 28.4 Å². The zero-order valence-electron chi connectivity index (χ0n) is 26.5. The Labute approximate surface area is 279 Å². The molecule has 0 spiro atoms. The minimum Gasteiger partial charge on any atom is -0.497 e. The smallest absolute Gasteiger partial charge is 0.311 e. The summed E-state index contributed by atoms with van der Waals surface area (Å²) in [5.41, 5.74) is 1.22. The summed E-state index contributed by atoms with van der Waals surface area (Å²) in [5.74, 6) is 0.167. The maximum Gasteiger partial charge on any atom is 0.311 e. The molecular weight excluding hydrogens is 617 g/mol. The quantitative estimate of drug-likeness (QED) is 0.0430. The Hall–Kier alpha value is -5.20. The highest BCUT2D eigenvalue weighted by atomic mass is 16.6. The zero-order chi connectivity index (χ0) is 34.1. The van der Waals surface area contributed by atoms with E-state index in [0.717, 1.165) is 16.7 Å². The van der Waals surface area contributed by atoms with E-state index in [1.165, 1.54) is 24.3 Å². The van der Waals surface area contributed by atoms with Crippen LogP contribution in [0.1, 0.15) is 36.0 Å². The molecule has 3 unspecified atom stereocenters. The molecule has 1 heterocycles. The number of ether oxygens (including phenoxy) is 6. The largest absolute Gasteiger partial charge is 0.497 e. The first-order valence-electron chi connectivity index (χ1n) is 15.3. The Morgan fingerprint density at radius 1 is 0.792 bits per heavy atom. The maximum atomic E-state index is 12.7. The number of rotatable bonds is 14. The van der Waals surface area contributed by atoms with Gasteiger partial charge in [0.2, 0.25) is 0 Å². The predicted molar refractivity (Wildman–Crippen MR) is 175 cm³/mol. The third-order valence-electron chi connectivity index (χ3n) is 7.95. The van der Waals surface area contributed by atoms with Crippen molar-refractivity contribution in [1.82, 2.24) is 0 Å². The number of nitrogens with zero attached hydrogens (tertiary/aromatic N) is 1. The van der Waals surface area contributed by atoms with E-state index in [0.29, 0.717) is 17.9 Å². The van der Waals surface area contributed by atoms with Crippen LogP contribution in [0.5, 0.6) is 17.2 Å². The second kappa shape index (κ2) is 15.6. The molecule has 1 fully saturated rings. The van der Waals surface area contributed by atoms with Crippen LogP contribution in [0, 0.1) is 10.1 Å². The van der Waals surface area contributed by atoms with Crippen molar-refractivity contribution in [2.24, 2.45) is 0 Å². The molecule has 1 saturated heterocycles. The number of carbonyl (C=O) groups is 2. The van der Waals surface area contributed by atoms with Gasteiger partial charge in [-0.1, -0.05) is 54.6 Å². The van der Waals surface area contributed by atoms with Crippen LogP contribution in [0.3, 0.4) is 0 Å². The van der Waals surface area contributed by atoms with Crippen molar-refractivity contribution in [2.45, 2.75) is 43.1 Å². The van der Waals surface area contributed by atoms with Crippen molar-refractivity contribution < 1.29 is 42.9 Å². The molecule has 3 atom stereocenters. The number of nitro groups is 1. The summed E-state index contributed by atoms with van der Waals surface area (Å²) in [7, 11) is 9.46. The van der Waals surface area contributed by atoms with Crippen molar-refractivity contribution in [2.75, 3.05) is 20.8 Å². The SMILES string of the molecule is [B]C1CC(OC(c2ccccc2)(c2ccc(OC)cc2)c2ccc(OC)cc2)C(COC(=O)CCC(=O)Oc2ccc([N+](=O)[O-])cc2)O1. The van der Waals surface area contributed by atoms with E-state index in [4.69, 9.17) is 36.3 Å². The van der Waals surface area contributed by atoms with Crippen LogP contribution < -0.4 is 14.2 Å². The molecule has 0 aromatic heterocycles. The second-order valence-electron chi connectivity index (χ2n) is 11.0. The molecule has 11 nitrogen and oxygen atoms in total. The molecule has 4 aromatic rings. The molecule has 246 valence electrons. The van der Waals surface area contributed by atoms with Crippen molar-refractivity contribution in [3.63, 3.8) is 0 Å². The van der Waals surface area contributed by atoms with Gasteiger partial charge in [0.25, 0.3) is 5.69 Å². The summed E-state index contributed by atoms with van der Waals surface area (Å²) in [6, 6.07) is 29.4. The molecule has 5 rings (SSSR count). The molecule has 1 aliphatic rings. The van der Waals surface area contributed by atoms with Crippen molar-refractivity contribution >= 4 is 25.5 Å². The lowest BCUT2D eigenvalue weighted by Gasteiger charge is -2.39. The lowest BCUT2D eigenvalue weighted by Crippen LogP contribution is -2.41. The number of hydrogen-bond donors (Lipinski definition) is 0. The number of methoxy groups -OCH3 is 2. The van der Waals surface area contributed by atoms with E-state index in [1.54, 1.807) is 14.2 Å². The van der Waals surface area contributed by atoms with Crippen LogP contribution in [-0.4, -0.2) is 63.7 Å². The fourth-order valence-corrected chi connectivity index (χ4v) is 5.54. The molecule has 0 bridgehead atoms. The van der Waals surface area contributed by atoms with E-state index in [9.17, 15) is 19.7 Å². The van der Waals surface area contributed by atoms with Crippen LogP contribution in [0.4, 0.5) is 5.69 Å². The standard InChI is InChI=1S/C36H34BNO10/c1-43-28-14-8-25(9-15-28)36(24-6-4-3-5-7-24,26-10-16-29(44-2)17-11-26)48-31-22-33(37)47-32(31)23-45-34(39)20-21-35(40)46-30-18-12-27(13-19-30)38(41)42/h3-19,31-33H,20-23H2,1-2H3. The lowest BCUT2D eigenvalue weighted by atomic mass is 9.79. The zero-order valence-corrected chi connectivity index (χ0v) is 26.5. The predicted octanol–water partition coefficient (Wildman–Crippen LogP) is 5.50. The van der Waals surface area contributed by atoms with Gasteiger partial charge in [0, 0.05) is 18.1 Å². The van der Waals surface area contributed by atoms with Gasteiger partial charge >= 0.3 is 11.9 Å². The summed E-state index contributed by atoms with van der Waals surface area (Å²) in [6.45, 7) is -0.162. The first kappa shape index (κ1) is 34.1. The van der Waals surface area contributed by atoms with Crippen molar-refractivity contribution in [3.8, 4) is 17.2 Å². The van der Waals surface area contributed by atoms with Gasteiger partial charge in [-0.05, 0) is 59.5 Å². The van der Waals surface area contributed by atoms with Gasteiger partial charge in [-0.15, -0.1) is 0 Å². The van der Waals surface area contributed by atoms with Crippen LogP contribution in [-0.2, 0) is 29.4 Å². The topological polar surface area (TPSA) is 133 Å². The van der Waals surface area contributed by atoms with E-state index in [2.05, 4.69) is 0 Å². The van der Waals surface area contributed by atoms with Crippen LogP contribution >= 0.6 is 0 Å². The fourth-order valence-electron chi connectivity index (χ4n) is 5.54. The highest BCUT2D eigenvalue weighted by molar-refractivity contribution is 6.11. The lowest BCUT2D eigenvalue weighted by molar-refractivity contribution is -0.384. The summed E-state index contributed by atoms with van der Waals surface area (Å²) in [6.07, 6.45) is -1.50. The number of non-ortho nitro benzene ring substituents is 1. The average molecular weight is 651 g/mol. The van der Waals surface area contributed by atoms with Crippen LogP contribution in [0.2, 0.25) is 0 Å². The first-order valence-corrected chi connectivity index (χ1v) is 15.3. The number of esters is 2. The fraction of sp³-hybridized carbons (Fsp3) is 0.278. The molecule has 0 N–H and O–H groups in total. The van der Waals surface area contributed by atoms with Crippen molar-refractivity contribution in [1.29, 1.82) is 0 Å². The van der Waals surface area contributed by atoms with Crippen LogP contribution in [0.15, 0.2) is 103 Å². The summed E-state index contributed by atoms with van der Waals surface area (Å²) >= 11 is 0. The highest BCUT2D eigenvalue weighted by Crippen LogP contribution is 2.44. The molecular formula is C36H34BNO10. The van der Waals surface area contributed by atoms with Crippen molar-refractivity contribution in [3.05, 3.63) is 130 Å². The molecule has 1 aliphatic heterocycles. The minimum atomic E-state index is -1.14. The van der Waals surface area contributed by atoms with Crippen LogP contribution in [0.25, 0.3) is 0 Å². The first-order chi connectivity index (χ1) is 23.2. The Bertz CT molecular complexity index is 1630. The van der Waals surface area contributed by atoms with Gasteiger partial charge in [0.05, 0.1) is 38.1 Å². The number of nitro benzene ring substituents is 1. The van der Waals surface area contributed by atoms with Gasteiger partial charge in [-0.25, -0.2) is 0 Å². The summed E-state index contributed by atoms with van der Waals surface area (Å²) in [4.78, 5) is 35.2. The second-order valence-corrected chi connectivity index (χ2v) is 11.0. The molecule has 12 heteroatoms. The maximum absolute atomic E-state index is 12.7. The van der Waals surface area contributed by atoms with Gasteiger partial charge in [-0.3, -0.25) is 19.7 Å². The van der Waals surface area contributed by atoms with E-state index in [-0.39, 0.29) is 30.9 Å². The Morgan fingerprint density at radius 2 is 1.31 bits per heavy atom. The van der Waals surface area contributed by atoms with E-state index >= 15 is 0 Å². The molecule has 0 saturated carbocycles. The van der Waals surface area contributed by atoms with E-state index in [1.807, 2.05) is 78.9 Å². The van der Waals surface area contributed by atoms with Gasteiger partial charge in [0.1, 0.15) is 43.4 Å². The normalized spacial score (nSPS) is 17.3. The number of benzene rings is 4. The monoisotopic (exact) mass is 651 g/mol. The van der Waals surface area contributed by atoms with Gasteiger partial charge in [-0.2, -0.15) is 0 Å². The summed E-state index contributed by atoms with van der Waals surface area (Å²) in [5, 5.41) is 10.8. The average Bonchev–Trinajstić information content (AvgIpc) is 3.47. The molecule has 0 amide bonds. The van der Waals surface area contributed by atoms with E-state index < -0.39 is 40.7 Å².